The SMILES string of the molecule is CN=C(NCc1ccc(OC)c(OC)c1)NCc1ccc(C)cc1OCC1CCOC1. The molecule has 3 rings (SSSR count). The van der Waals surface area contributed by atoms with Gasteiger partial charge in [0.2, 0.25) is 0 Å². The average Bonchev–Trinajstić information content (AvgIpc) is 3.32. The van der Waals surface area contributed by atoms with Crippen LogP contribution in [0, 0.1) is 12.8 Å². The lowest BCUT2D eigenvalue weighted by atomic mass is 10.1. The number of hydrogen-bond acceptors (Lipinski definition) is 5. The van der Waals surface area contributed by atoms with Gasteiger partial charge in [-0.15, -0.1) is 0 Å². The molecule has 1 atom stereocenters. The van der Waals surface area contributed by atoms with E-state index in [1.54, 1.807) is 21.3 Å². The molecule has 0 radical (unpaired) electrons. The highest BCUT2D eigenvalue weighted by Crippen LogP contribution is 2.27. The molecule has 1 fully saturated rings. The smallest absolute Gasteiger partial charge is 0.191 e. The first kappa shape index (κ1) is 22.7. The van der Waals surface area contributed by atoms with E-state index < -0.39 is 0 Å². The predicted molar refractivity (Wildman–Crippen MR) is 122 cm³/mol. The van der Waals surface area contributed by atoms with Crippen LogP contribution in [0.2, 0.25) is 0 Å². The van der Waals surface area contributed by atoms with Crippen molar-refractivity contribution >= 4 is 5.96 Å². The third-order valence-corrected chi connectivity index (χ3v) is 5.30. The van der Waals surface area contributed by atoms with E-state index >= 15 is 0 Å². The molecule has 2 aromatic carbocycles. The van der Waals surface area contributed by atoms with Gasteiger partial charge in [0.25, 0.3) is 0 Å². The van der Waals surface area contributed by atoms with Gasteiger partial charge in [0.15, 0.2) is 17.5 Å². The van der Waals surface area contributed by atoms with Gasteiger partial charge in [-0.25, -0.2) is 0 Å². The van der Waals surface area contributed by atoms with Crippen LogP contribution in [0.25, 0.3) is 0 Å². The number of guanidine groups is 1. The molecule has 7 heteroatoms. The molecule has 0 amide bonds. The van der Waals surface area contributed by atoms with E-state index in [0.717, 1.165) is 36.5 Å². The van der Waals surface area contributed by atoms with E-state index in [4.69, 9.17) is 18.9 Å². The van der Waals surface area contributed by atoms with Gasteiger partial charge in [0, 0.05) is 38.2 Å². The highest BCUT2D eigenvalue weighted by Gasteiger charge is 2.17. The van der Waals surface area contributed by atoms with E-state index in [1.165, 1.54) is 5.56 Å². The Bertz CT molecular complexity index is 879. The summed E-state index contributed by atoms with van der Waals surface area (Å²) in [6.45, 7) is 5.60. The fourth-order valence-electron chi connectivity index (χ4n) is 3.44. The summed E-state index contributed by atoms with van der Waals surface area (Å²) in [5.74, 6) is 3.51. The number of hydrogen-bond donors (Lipinski definition) is 2. The molecule has 1 aliphatic rings. The minimum Gasteiger partial charge on any atom is -0.493 e. The lowest BCUT2D eigenvalue weighted by Gasteiger charge is -2.17. The molecule has 1 heterocycles. The van der Waals surface area contributed by atoms with Crippen molar-refractivity contribution in [3.05, 3.63) is 53.1 Å². The van der Waals surface area contributed by atoms with Gasteiger partial charge in [0.1, 0.15) is 5.75 Å². The van der Waals surface area contributed by atoms with Gasteiger partial charge in [-0.3, -0.25) is 4.99 Å². The van der Waals surface area contributed by atoms with Crippen molar-refractivity contribution in [2.45, 2.75) is 26.4 Å². The molecule has 0 aliphatic carbocycles. The summed E-state index contributed by atoms with van der Waals surface area (Å²) in [6, 6.07) is 12.1. The Balaban J connectivity index is 1.56. The highest BCUT2D eigenvalue weighted by molar-refractivity contribution is 5.79. The molecule has 31 heavy (non-hydrogen) atoms. The second kappa shape index (κ2) is 11.5. The lowest BCUT2D eigenvalue weighted by Crippen LogP contribution is -2.36. The zero-order chi connectivity index (χ0) is 22.1. The number of benzene rings is 2. The second-order valence-corrected chi connectivity index (χ2v) is 7.62. The third-order valence-electron chi connectivity index (χ3n) is 5.30. The van der Waals surface area contributed by atoms with Crippen LogP contribution < -0.4 is 24.8 Å². The number of methoxy groups -OCH3 is 2. The van der Waals surface area contributed by atoms with Crippen molar-refractivity contribution in [2.24, 2.45) is 10.9 Å². The first-order valence-electron chi connectivity index (χ1n) is 10.6. The quantitative estimate of drug-likeness (QED) is 0.473. The van der Waals surface area contributed by atoms with Crippen LogP contribution in [0.1, 0.15) is 23.1 Å². The minimum absolute atomic E-state index is 0.470. The van der Waals surface area contributed by atoms with Crippen LogP contribution in [-0.4, -0.2) is 47.0 Å². The fourth-order valence-corrected chi connectivity index (χ4v) is 3.44. The maximum absolute atomic E-state index is 6.14. The van der Waals surface area contributed by atoms with E-state index in [-0.39, 0.29) is 0 Å². The summed E-state index contributed by atoms with van der Waals surface area (Å²) in [5.41, 5.74) is 3.34. The van der Waals surface area contributed by atoms with Crippen molar-refractivity contribution in [1.82, 2.24) is 10.6 Å². The molecular formula is C24H33N3O4. The molecule has 7 nitrogen and oxygen atoms in total. The zero-order valence-corrected chi connectivity index (χ0v) is 18.9. The Morgan fingerprint density at radius 2 is 1.84 bits per heavy atom. The average molecular weight is 428 g/mol. The summed E-state index contributed by atoms with van der Waals surface area (Å²) in [7, 11) is 5.03. The van der Waals surface area contributed by atoms with E-state index in [2.05, 4.69) is 40.7 Å². The summed E-state index contributed by atoms with van der Waals surface area (Å²) >= 11 is 0. The van der Waals surface area contributed by atoms with E-state index in [9.17, 15) is 0 Å². The van der Waals surface area contributed by atoms with E-state index in [1.807, 2.05) is 18.2 Å². The minimum atomic E-state index is 0.470. The number of nitrogens with zero attached hydrogens (tertiary/aromatic N) is 1. The highest BCUT2D eigenvalue weighted by atomic mass is 16.5. The molecule has 0 saturated carbocycles. The van der Waals surface area contributed by atoms with Crippen LogP contribution in [0.5, 0.6) is 17.2 Å². The molecular weight excluding hydrogens is 394 g/mol. The monoisotopic (exact) mass is 427 g/mol. The van der Waals surface area contributed by atoms with Crippen LogP contribution in [-0.2, 0) is 17.8 Å². The van der Waals surface area contributed by atoms with Gasteiger partial charge >= 0.3 is 0 Å². The molecule has 0 spiro atoms. The van der Waals surface area contributed by atoms with E-state index in [0.29, 0.717) is 43.1 Å². The summed E-state index contributed by atoms with van der Waals surface area (Å²) < 4.78 is 22.3. The van der Waals surface area contributed by atoms with Crippen molar-refractivity contribution in [1.29, 1.82) is 0 Å². The standard InChI is InChI=1S/C24H33N3O4/c1-17-5-7-20(22(11-17)31-16-19-9-10-30-15-19)14-27-24(25-2)26-13-18-6-8-21(28-3)23(12-18)29-4/h5-8,11-12,19H,9-10,13-16H2,1-4H3,(H2,25,26,27). The van der Waals surface area contributed by atoms with Crippen LogP contribution in [0.15, 0.2) is 41.4 Å². The van der Waals surface area contributed by atoms with Gasteiger partial charge < -0.3 is 29.6 Å². The van der Waals surface area contributed by atoms with Gasteiger partial charge in [-0.2, -0.15) is 0 Å². The van der Waals surface area contributed by atoms with Crippen LogP contribution >= 0.6 is 0 Å². The Hall–Kier alpha value is -2.93. The van der Waals surface area contributed by atoms with Crippen LogP contribution in [0.4, 0.5) is 0 Å². The normalized spacial score (nSPS) is 16.1. The van der Waals surface area contributed by atoms with Gasteiger partial charge in [-0.05, 0) is 42.7 Å². The Labute approximate surface area is 184 Å². The topological polar surface area (TPSA) is 73.3 Å². The first-order chi connectivity index (χ1) is 15.1. The molecule has 2 N–H and O–H groups in total. The first-order valence-corrected chi connectivity index (χ1v) is 10.6. The molecule has 0 bridgehead atoms. The Morgan fingerprint density at radius 3 is 2.55 bits per heavy atom. The summed E-state index contributed by atoms with van der Waals surface area (Å²) in [5, 5.41) is 6.71. The Morgan fingerprint density at radius 1 is 1.03 bits per heavy atom. The molecule has 1 saturated heterocycles. The molecule has 2 aromatic rings. The summed E-state index contributed by atoms with van der Waals surface area (Å²) in [4.78, 5) is 4.33. The van der Waals surface area contributed by atoms with Crippen molar-refractivity contribution in [2.75, 3.05) is 41.1 Å². The summed E-state index contributed by atoms with van der Waals surface area (Å²) in [6.07, 6.45) is 1.06. The Kier molecular flexibility index (Phi) is 8.41. The zero-order valence-electron chi connectivity index (χ0n) is 18.9. The lowest BCUT2D eigenvalue weighted by molar-refractivity contribution is 0.166. The molecule has 1 aliphatic heterocycles. The van der Waals surface area contributed by atoms with Crippen molar-refractivity contribution < 1.29 is 18.9 Å². The van der Waals surface area contributed by atoms with Crippen molar-refractivity contribution in [3.8, 4) is 17.2 Å². The number of aryl methyl sites for hydroxylation is 1. The molecule has 0 aromatic heterocycles. The van der Waals surface area contributed by atoms with Crippen molar-refractivity contribution in [3.63, 3.8) is 0 Å². The maximum Gasteiger partial charge on any atom is 0.191 e. The van der Waals surface area contributed by atoms with Gasteiger partial charge in [-0.1, -0.05) is 18.2 Å². The number of rotatable bonds is 9. The number of ether oxygens (including phenoxy) is 4. The third kappa shape index (κ3) is 6.52. The molecule has 1 unspecified atom stereocenters. The van der Waals surface area contributed by atoms with Gasteiger partial charge in [0.05, 0.1) is 27.4 Å². The predicted octanol–water partition coefficient (Wildman–Crippen LogP) is 3.29. The van der Waals surface area contributed by atoms with Crippen LogP contribution in [0.3, 0.4) is 0 Å². The number of aliphatic imine (C=N–C) groups is 1. The molecule has 168 valence electrons. The maximum atomic E-state index is 6.14. The largest absolute Gasteiger partial charge is 0.493 e. The second-order valence-electron chi connectivity index (χ2n) is 7.62. The fraction of sp³-hybridized carbons (Fsp3) is 0.458. The number of nitrogens with one attached hydrogen (secondary N) is 2.